The number of hydrogen-bond donors (Lipinski definition) is 1. The summed E-state index contributed by atoms with van der Waals surface area (Å²) in [6, 6.07) is 0. The van der Waals surface area contributed by atoms with Crippen LogP contribution >= 0.6 is 0 Å². The molecule has 20 heavy (non-hydrogen) atoms. The first-order valence-corrected chi connectivity index (χ1v) is 8.61. The van der Waals surface area contributed by atoms with Crippen molar-refractivity contribution in [3.63, 3.8) is 0 Å². The van der Waals surface area contributed by atoms with E-state index in [4.69, 9.17) is 9.90 Å². The summed E-state index contributed by atoms with van der Waals surface area (Å²) in [5.41, 5.74) is 0. The monoisotopic (exact) mass is 285 g/mol. The number of aliphatic carboxylic acids is 1. The van der Waals surface area contributed by atoms with Gasteiger partial charge < -0.3 is 14.8 Å². The molecule has 1 fully saturated rings. The number of carbonyl (C=O) groups is 1. The van der Waals surface area contributed by atoms with Crippen LogP contribution in [-0.2, 0) is 4.79 Å². The Bertz CT molecular complexity index is 227. The highest BCUT2D eigenvalue weighted by Crippen LogP contribution is 2.10. The molecule has 0 aliphatic carbocycles. The van der Waals surface area contributed by atoms with E-state index in [1.165, 1.54) is 77.4 Å². The van der Waals surface area contributed by atoms with Crippen LogP contribution < -0.4 is 10.0 Å². The standard InChI is InChI=1S/C15H31N.C2H4O2/c1-3-5-6-7-8-9-12-16-13-10-11-15(4-2)14-16;1-2(3)4/h15H,3-14H2,1-2H3;1H3,(H,3,4). The molecule has 1 heterocycles. The minimum Gasteiger partial charge on any atom is -0.550 e. The molecule has 2 unspecified atom stereocenters. The highest BCUT2D eigenvalue weighted by Gasteiger charge is 2.20. The third kappa shape index (κ3) is 12.5. The molecule has 0 spiro atoms. The maximum absolute atomic E-state index is 8.89. The summed E-state index contributed by atoms with van der Waals surface area (Å²) in [5.74, 6) is -0.0520. The predicted octanol–water partition coefficient (Wildman–Crippen LogP) is 1.81. The summed E-state index contributed by atoms with van der Waals surface area (Å²) < 4.78 is 0. The second-order valence-electron chi connectivity index (χ2n) is 6.13. The number of carboxylic acid groups (broad SMARTS) is 1. The third-order valence-corrected chi connectivity index (χ3v) is 4.18. The van der Waals surface area contributed by atoms with Gasteiger partial charge in [-0.2, -0.15) is 0 Å². The molecule has 3 nitrogen and oxygen atoms in total. The van der Waals surface area contributed by atoms with Gasteiger partial charge in [0, 0.05) is 11.9 Å². The largest absolute Gasteiger partial charge is 0.550 e. The lowest BCUT2D eigenvalue weighted by Crippen LogP contribution is -3.13. The minimum atomic E-state index is -1.08. The molecule has 0 bridgehead atoms. The molecule has 0 radical (unpaired) electrons. The zero-order valence-corrected chi connectivity index (χ0v) is 13.9. The van der Waals surface area contributed by atoms with Gasteiger partial charge in [0.25, 0.3) is 0 Å². The Labute approximate surface area is 125 Å². The molecule has 3 heteroatoms. The molecule has 0 aromatic heterocycles. The number of likely N-dealkylation sites (tertiary alicyclic amines) is 1. The Morgan fingerprint density at radius 2 is 1.75 bits per heavy atom. The van der Waals surface area contributed by atoms with E-state index in [1.54, 1.807) is 0 Å². The maximum Gasteiger partial charge on any atom is 0.0799 e. The lowest BCUT2D eigenvalue weighted by atomic mass is 9.95. The molecule has 0 amide bonds. The Morgan fingerprint density at radius 1 is 1.15 bits per heavy atom. The van der Waals surface area contributed by atoms with Gasteiger partial charge in [-0.1, -0.05) is 39.5 Å². The number of piperidine rings is 1. The summed E-state index contributed by atoms with van der Waals surface area (Å²) in [7, 11) is 0. The fourth-order valence-corrected chi connectivity index (χ4v) is 2.98. The van der Waals surface area contributed by atoms with Crippen LogP contribution in [0.25, 0.3) is 0 Å². The quantitative estimate of drug-likeness (QED) is 0.691. The van der Waals surface area contributed by atoms with Gasteiger partial charge in [-0.25, -0.2) is 0 Å². The van der Waals surface area contributed by atoms with E-state index in [1.807, 2.05) is 4.90 Å². The van der Waals surface area contributed by atoms with Crippen molar-refractivity contribution >= 4 is 5.97 Å². The second-order valence-corrected chi connectivity index (χ2v) is 6.13. The molecule has 1 saturated heterocycles. The van der Waals surface area contributed by atoms with Crippen LogP contribution in [0.3, 0.4) is 0 Å². The SMILES string of the molecule is CC(=O)[O-].CCCCCCCC[NH+]1CCCC(CC)C1. The topological polar surface area (TPSA) is 44.6 Å². The van der Waals surface area contributed by atoms with Gasteiger partial charge in [-0.05, 0) is 39.0 Å². The molecule has 0 aromatic carbocycles. The number of nitrogens with one attached hydrogen (secondary N) is 1. The van der Waals surface area contributed by atoms with Crippen molar-refractivity contribution in [1.29, 1.82) is 0 Å². The van der Waals surface area contributed by atoms with Gasteiger partial charge >= 0.3 is 0 Å². The number of quaternary nitrogens is 1. The summed E-state index contributed by atoms with van der Waals surface area (Å²) >= 11 is 0. The Balaban J connectivity index is 0.000000796. The third-order valence-electron chi connectivity index (χ3n) is 4.18. The normalized spacial score (nSPS) is 21.9. The molecule has 1 N–H and O–H groups in total. The van der Waals surface area contributed by atoms with Crippen LogP contribution in [0.1, 0.15) is 78.6 Å². The smallest absolute Gasteiger partial charge is 0.0799 e. The van der Waals surface area contributed by atoms with Crippen LogP contribution in [0, 0.1) is 5.92 Å². The van der Waals surface area contributed by atoms with Crippen molar-refractivity contribution < 1.29 is 14.8 Å². The van der Waals surface area contributed by atoms with Crippen molar-refractivity contribution in [3.8, 4) is 0 Å². The first-order valence-electron chi connectivity index (χ1n) is 8.61. The summed E-state index contributed by atoms with van der Waals surface area (Å²) in [4.78, 5) is 10.8. The highest BCUT2D eigenvalue weighted by molar-refractivity contribution is 5.60. The molecule has 0 aromatic rings. The molecule has 2 atom stereocenters. The average molecular weight is 285 g/mol. The van der Waals surface area contributed by atoms with Crippen LogP contribution in [0.4, 0.5) is 0 Å². The fourth-order valence-electron chi connectivity index (χ4n) is 2.98. The number of carboxylic acids is 1. The zero-order chi connectivity index (χ0) is 15.2. The molecule has 1 aliphatic heterocycles. The predicted molar refractivity (Wildman–Crippen MR) is 82.6 cm³/mol. The van der Waals surface area contributed by atoms with Crippen LogP contribution in [-0.4, -0.2) is 25.6 Å². The van der Waals surface area contributed by atoms with E-state index in [0.29, 0.717) is 0 Å². The van der Waals surface area contributed by atoms with Crippen LogP contribution in [0.2, 0.25) is 0 Å². The van der Waals surface area contributed by atoms with E-state index in [2.05, 4.69) is 13.8 Å². The fraction of sp³-hybridized carbons (Fsp3) is 0.941. The summed E-state index contributed by atoms with van der Waals surface area (Å²) in [6.45, 7) is 9.99. The molecular formula is C17H35NO2. The van der Waals surface area contributed by atoms with Crippen molar-refractivity contribution in [2.75, 3.05) is 19.6 Å². The first-order chi connectivity index (χ1) is 9.60. The molecule has 1 rings (SSSR count). The van der Waals surface area contributed by atoms with E-state index in [-0.39, 0.29) is 0 Å². The number of unbranched alkanes of at least 4 members (excludes halogenated alkanes) is 5. The van der Waals surface area contributed by atoms with Gasteiger partial charge in [0.1, 0.15) is 0 Å². The van der Waals surface area contributed by atoms with Gasteiger partial charge in [0.05, 0.1) is 19.6 Å². The van der Waals surface area contributed by atoms with Crippen molar-refractivity contribution in [3.05, 3.63) is 0 Å². The Morgan fingerprint density at radius 3 is 2.35 bits per heavy atom. The minimum absolute atomic E-state index is 0.972. The first kappa shape index (κ1) is 19.4. The molecule has 0 saturated carbocycles. The van der Waals surface area contributed by atoms with E-state index in [9.17, 15) is 0 Å². The zero-order valence-electron chi connectivity index (χ0n) is 13.9. The van der Waals surface area contributed by atoms with E-state index < -0.39 is 5.97 Å². The maximum atomic E-state index is 8.89. The molecule has 120 valence electrons. The Kier molecular flexibility index (Phi) is 13.0. The van der Waals surface area contributed by atoms with Gasteiger partial charge in [0.2, 0.25) is 0 Å². The number of rotatable bonds is 8. The number of hydrogen-bond acceptors (Lipinski definition) is 2. The average Bonchev–Trinajstić information content (AvgIpc) is 2.42. The van der Waals surface area contributed by atoms with Crippen molar-refractivity contribution in [1.82, 2.24) is 0 Å². The lowest BCUT2D eigenvalue weighted by molar-refractivity contribution is -0.909. The second kappa shape index (κ2) is 13.4. The lowest BCUT2D eigenvalue weighted by Gasteiger charge is -2.29. The van der Waals surface area contributed by atoms with Gasteiger partial charge in [0.15, 0.2) is 0 Å². The van der Waals surface area contributed by atoms with Gasteiger partial charge in [-0.3, -0.25) is 0 Å². The van der Waals surface area contributed by atoms with Crippen molar-refractivity contribution in [2.24, 2.45) is 5.92 Å². The summed E-state index contributed by atoms with van der Waals surface area (Å²) in [5, 5.41) is 8.89. The van der Waals surface area contributed by atoms with Crippen LogP contribution in [0.15, 0.2) is 0 Å². The summed E-state index contributed by atoms with van der Waals surface area (Å²) in [6.07, 6.45) is 13.1. The van der Waals surface area contributed by atoms with Gasteiger partial charge in [-0.15, -0.1) is 0 Å². The van der Waals surface area contributed by atoms with Crippen LogP contribution in [0.5, 0.6) is 0 Å². The molecular weight excluding hydrogens is 250 g/mol. The highest BCUT2D eigenvalue weighted by atomic mass is 16.4. The van der Waals surface area contributed by atoms with E-state index >= 15 is 0 Å². The van der Waals surface area contributed by atoms with E-state index in [0.717, 1.165) is 12.8 Å². The Hall–Kier alpha value is -0.570. The van der Waals surface area contributed by atoms with Crippen molar-refractivity contribution in [2.45, 2.75) is 78.6 Å². The molecule has 1 aliphatic rings. The number of carbonyl (C=O) groups excluding carboxylic acids is 1.